The molecule has 1 aromatic heterocycles. The highest BCUT2D eigenvalue weighted by atomic mass is 16.4. The lowest BCUT2D eigenvalue weighted by Gasteiger charge is -2.29. The molecule has 1 saturated carbocycles. The first kappa shape index (κ1) is 17.9. The fourth-order valence-corrected chi connectivity index (χ4v) is 3.32. The van der Waals surface area contributed by atoms with Crippen LogP contribution in [-0.4, -0.2) is 41.4 Å². The summed E-state index contributed by atoms with van der Waals surface area (Å²) in [6.45, 7) is -0.0394. The van der Waals surface area contributed by atoms with Crippen molar-refractivity contribution in [3.8, 4) is 0 Å². The summed E-state index contributed by atoms with van der Waals surface area (Å²) < 4.78 is 5.44. The molecule has 1 aliphatic rings. The Labute approximate surface area is 150 Å². The van der Waals surface area contributed by atoms with E-state index in [4.69, 9.17) is 20.7 Å². The maximum absolute atomic E-state index is 12.5. The molecule has 0 unspecified atom stereocenters. The molecule has 0 spiro atoms. The molecule has 8 heteroatoms. The number of amides is 1. The van der Waals surface area contributed by atoms with Crippen LogP contribution in [0.3, 0.4) is 0 Å². The Morgan fingerprint density at radius 1 is 1.23 bits per heavy atom. The maximum atomic E-state index is 12.5. The average Bonchev–Trinajstić information content (AvgIpc) is 3.04. The third-order valence-electron chi connectivity index (χ3n) is 4.72. The Balaban J connectivity index is 1.60. The zero-order valence-corrected chi connectivity index (χ0v) is 14.2. The lowest BCUT2D eigenvalue weighted by Crippen LogP contribution is -2.43. The lowest BCUT2D eigenvalue weighted by atomic mass is 9.91. The molecule has 1 amide bonds. The minimum absolute atomic E-state index is 0.0348. The lowest BCUT2D eigenvalue weighted by molar-refractivity contribution is -0.136. The monoisotopic (exact) mass is 358 g/mol. The van der Waals surface area contributed by atoms with Crippen LogP contribution in [0.5, 0.6) is 0 Å². The first-order chi connectivity index (χ1) is 12.4. The molecule has 0 radical (unpaired) electrons. The highest BCUT2D eigenvalue weighted by Gasteiger charge is 2.24. The van der Waals surface area contributed by atoms with E-state index in [2.05, 4.69) is 10.6 Å². The van der Waals surface area contributed by atoms with Crippen molar-refractivity contribution < 1.29 is 19.1 Å². The Bertz CT molecular complexity index is 837. The molecule has 2 aromatic rings. The molecule has 138 valence electrons. The molecule has 1 heterocycles. The van der Waals surface area contributed by atoms with Gasteiger partial charge in [-0.1, -0.05) is 6.07 Å². The second-order valence-electron chi connectivity index (χ2n) is 6.58. The number of benzene rings is 1. The van der Waals surface area contributed by atoms with Crippen molar-refractivity contribution in [1.29, 1.82) is 5.41 Å². The number of nitrogen functional groups attached to an aromatic ring is 1. The van der Waals surface area contributed by atoms with Gasteiger partial charge in [0.25, 0.3) is 5.91 Å². The van der Waals surface area contributed by atoms with E-state index < -0.39 is 5.97 Å². The summed E-state index contributed by atoms with van der Waals surface area (Å²) in [7, 11) is 0. The Kier molecular flexibility index (Phi) is 5.22. The van der Waals surface area contributed by atoms with Gasteiger partial charge in [0.05, 0.1) is 12.8 Å². The predicted molar refractivity (Wildman–Crippen MR) is 96.4 cm³/mol. The fraction of sp³-hybridized carbons (Fsp3) is 0.389. The van der Waals surface area contributed by atoms with Gasteiger partial charge >= 0.3 is 5.97 Å². The zero-order chi connectivity index (χ0) is 18.7. The molecule has 1 fully saturated rings. The molecule has 8 nitrogen and oxygen atoms in total. The standard InChI is InChI=1S/C18H22N4O4/c19-17(20)10-1-6-14-11(7-10)9-26-16(14)18(25)22-13-4-2-12(3-5-13)21-8-15(23)24/h1,6-7,9,12-13,21H,2-5,8H2,(H3,19,20)(H,22,25)(H,23,24). The third-order valence-corrected chi connectivity index (χ3v) is 4.72. The van der Waals surface area contributed by atoms with E-state index in [1.54, 1.807) is 18.2 Å². The molecule has 0 saturated heterocycles. The number of aliphatic carboxylic acids is 1. The van der Waals surface area contributed by atoms with Gasteiger partial charge in [-0.3, -0.25) is 15.0 Å². The van der Waals surface area contributed by atoms with Gasteiger partial charge in [-0.25, -0.2) is 0 Å². The number of carbonyl (C=O) groups excluding carboxylic acids is 1. The van der Waals surface area contributed by atoms with Crippen molar-refractivity contribution in [2.45, 2.75) is 37.8 Å². The van der Waals surface area contributed by atoms with Gasteiger partial charge in [0.15, 0.2) is 5.76 Å². The Hall–Kier alpha value is -2.87. The van der Waals surface area contributed by atoms with Gasteiger partial charge in [-0.05, 0) is 37.8 Å². The van der Waals surface area contributed by atoms with E-state index >= 15 is 0 Å². The second-order valence-corrected chi connectivity index (χ2v) is 6.58. The molecule has 0 aliphatic heterocycles. The Morgan fingerprint density at radius 3 is 2.58 bits per heavy atom. The van der Waals surface area contributed by atoms with Crippen LogP contribution >= 0.6 is 0 Å². The number of hydrogen-bond acceptors (Lipinski definition) is 5. The number of fused-ring (bicyclic) bond motifs is 1. The summed E-state index contributed by atoms with van der Waals surface area (Å²) in [5, 5.41) is 23.6. The van der Waals surface area contributed by atoms with Crippen molar-refractivity contribution in [3.05, 3.63) is 35.8 Å². The predicted octanol–water partition coefficient (Wildman–Crippen LogP) is 1.43. The molecule has 26 heavy (non-hydrogen) atoms. The molecular weight excluding hydrogens is 336 g/mol. The van der Waals surface area contributed by atoms with Crippen LogP contribution in [0.1, 0.15) is 41.8 Å². The first-order valence-electron chi connectivity index (χ1n) is 8.55. The number of amidine groups is 1. The van der Waals surface area contributed by atoms with Crippen molar-refractivity contribution in [2.24, 2.45) is 5.73 Å². The zero-order valence-electron chi connectivity index (χ0n) is 14.2. The van der Waals surface area contributed by atoms with Crippen LogP contribution in [0.2, 0.25) is 0 Å². The SMILES string of the molecule is N=C(N)c1ccc2c(C(=O)NC3CCC(NCC(=O)O)CC3)occ2c1. The number of carboxylic acids is 1. The molecule has 3 rings (SSSR count). The van der Waals surface area contributed by atoms with Gasteiger partial charge in [-0.15, -0.1) is 0 Å². The Morgan fingerprint density at radius 2 is 1.92 bits per heavy atom. The van der Waals surface area contributed by atoms with E-state index in [-0.39, 0.29) is 36.1 Å². The highest BCUT2D eigenvalue weighted by molar-refractivity contribution is 6.07. The minimum Gasteiger partial charge on any atom is -0.480 e. The summed E-state index contributed by atoms with van der Waals surface area (Å²) in [4.78, 5) is 23.1. The topological polar surface area (TPSA) is 141 Å². The molecule has 0 bridgehead atoms. The second kappa shape index (κ2) is 7.57. The smallest absolute Gasteiger partial charge is 0.317 e. The van der Waals surface area contributed by atoms with Crippen LogP contribution in [0.4, 0.5) is 0 Å². The van der Waals surface area contributed by atoms with Crippen molar-refractivity contribution in [2.75, 3.05) is 6.54 Å². The van der Waals surface area contributed by atoms with Gasteiger partial charge < -0.3 is 25.9 Å². The van der Waals surface area contributed by atoms with Crippen molar-refractivity contribution >= 4 is 28.5 Å². The quantitative estimate of drug-likeness (QED) is 0.391. The van der Waals surface area contributed by atoms with Gasteiger partial charge in [-0.2, -0.15) is 0 Å². The van der Waals surface area contributed by atoms with E-state index in [1.807, 2.05) is 0 Å². The summed E-state index contributed by atoms with van der Waals surface area (Å²) in [6.07, 6.45) is 4.70. The summed E-state index contributed by atoms with van der Waals surface area (Å²) in [6, 6.07) is 5.36. The molecule has 1 aliphatic carbocycles. The number of hydrogen-bond donors (Lipinski definition) is 5. The van der Waals surface area contributed by atoms with Gasteiger partial charge in [0.1, 0.15) is 5.84 Å². The number of carbonyl (C=O) groups is 2. The van der Waals surface area contributed by atoms with E-state index in [0.717, 1.165) is 31.1 Å². The first-order valence-corrected chi connectivity index (χ1v) is 8.55. The summed E-state index contributed by atoms with van der Waals surface area (Å²) >= 11 is 0. The van der Waals surface area contributed by atoms with Crippen LogP contribution < -0.4 is 16.4 Å². The van der Waals surface area contributed by atoms with Gasteiger partial charge in [0, 0.05) is 28.4 Å². The van der Waals surface area contributed by atoms with Crippen molar-refractivity contribution in [3.63, 3.8) is 0 Å². The normalized spacial score (nSPS) is 20.0. The fourth-order valence-electron chi connectivity index (χ4n) is 3.32. The van der Waals surface area contributed by atoms with Gasteiger partial charge in [0.2, 0.25) is 0 Å². The van der Waals surface area contributed by atoms with Crippen molar-refractivity contribution in [1.82, 2.24) is 10.6 Å². The molecule has 6 N–H and O–H groups in total. The van der Waals surface area contributed by atoms with E-state index in [9.17, 15) is 9.59 Å². The van der Waals surface area contributed by atoms with E-state index in [0.29, 0.717) is 10.9 Å². The number of carboxylic acid groups (broad SMARTS) is 1. The molecule has 0 atom stereocenters. The minimum atomic E-state index is -0.863. The summed E-state index contributed by atoms with van der Waals surface area (Å²) in [5.74, 6) is -0.913. The van der Waals surface area contributed by atoms with Crippen LogP contribution in [0.25, 0.3) is 10.8 Å². The third kappa shape index (κ3) is 4.02. The van der Waals surface area contributed by atoms with Crippen LogP contribution in [0.15, 0.2) is 28.9 Å². The van der Waals surface area contributed by atoms with E-state index in [1.165, 1.54) is 6.26 Å². The van der Waals surface area contributed by atoms with Crippen LogP contribution in [-0.2, 0) is 4.79 Å². The largest absolute Gasteiger partial charge is 0.480 e. The number of rotatable bonds is 6. The summed E-state index contributed by atoms with van der Waals surface area (Å²) in [5.41, 5.74) is 6.06. The average molecular weight is 358 g/mol. The molecule has 1 aromatic carbocycles. The molecular formula is C18H22N4O4. The number of nitrogens with two attached hydrogens (primary N) is 1. The van der Waals surface area contributed by atoms with Crippen LogP contribution in [0, 0.1) is 5.41 Å². The number of furan rings is 1. The maximum Gasteiger partial charge on any atom is 0.317 e. The highest BCUT2D eigenvalue weighted by Crippen LogP contribution is 2.24. The number of nitrogens with one attached hydrogen (secondary N) is 3.